The van der Waals surface area contributed by atoms with Crippen LogP contribution in [0.2, 0.25) is 0 Å². The molecule has 0 spiro atoms. The Balaban J connectivity index is 1.95. The second-order valence-electron chi connectivity index (χ2n) is 6.17. The zero-order valence-corrected chi connectivity index (χ0v) is 11.0. The number of carbonyl (C=O) groups excluding carboxylic acids is 1. The predicted octanol–water partition coefficient (Wildman–Crippen LogP) is 2.61. The van der Waals surface area contributed by atoms with Crippen molar-refractivity contribution < 1.29 is 14.3 Å². The normalized spacial score (nSPS) is 27.4. The van der Waals surface area contributed by atoms with Crippen LogP contribution in [0, 0.1) is 0 Å². The molecule has 1 saturated carbocycles. The van der Waals surface area contributed by atoms with Gasteiger partial charge in [0.05, 0.1) is 12.1 Å². The van der Waals surface area contributed by atoms with Crippen LogP contribution < -0.4 is 5.32 Å². The molecule has 0 radical (unpaired) electrons. The highest BCUT2D eigenvalue weighted by atomic mass is 16.6. The number of rotatable bonds is 2. The monoisotopic (exact) mass is 241 g/mol. The van der Waals surface area contributed by atoms with Crippen molar-refractivity contribution in [1.29, 1.82) is 0 Å². The average molecular weight is 241 g/mol. The number of carbonyl (C=O) groups is 1. The van der Waals surface area contributed by atoms with Crippen molar-refractivity contribution in [3.63, 3.8) is 0 Å². The highest BCUT2D eigenvalue weighted by Gasteiger charge is 2.48. The van der Waals surface area contributed by atoms with E-state index in [0.717, 1.165) is 32.3 Å². The van der Waals surface area contributed by atoms with Gasteiger partial charge in [0.2, 0.25) is 0 Å². The van der Waals surface area contributed by atoms with Gasteiger partial charge in [0.1, 0.15) is 11.7 Å². The van der Waals surface area contributed by atoms with Crippen LogP contribution in [0.3, 0.4) is 0 Å². The van der Waals surface area contributed by atoms with Crippen molar-refractivity contribution in [2.45, 2.75) is 70.1 Å². The Kier molecular flexibility index (Phi) is 3.34. The smallest absolute Gasteiger partial charge is 0.408 e. The average Bonchev–Trinajstić information content (AvgIpc) is 2.98. The molecule has 1 heterocycles. The molecule has 1 N–H and O–H groups in total. The van der Waals surface area contributed by atoms with Gasteiger partial charge >= 0.3 is 6.09 Å². The van der Waals surface area contributed by atoms with Crippen molar-refractivity contribution in [3.8, 4) is 0 Å². The van der Waals surface area contributed by atoms with Crippen molar-refractivity contribution in [2.24, 2.45) is 0 Å². The minimum atomic E-state index is -0.440. The molecule has 2 fully saturated rings. The molecule has 17 heavy (non-hydrogen) atoms. The Morgan fingerprint density at radius 3 is 2.35 bits per heavy atom. The van der Waals surface area contributed by atoms with Gasteiger partial charge in [-0.3, -0.25) is 0 Å². The molecule has 4 nitrogen and oxygen atoms in total. The third-order valence-corrected chi connectivity index (χ3v) is 3.45. The van der Waals surface area contributed by atoms with Crippen LogP contribution in [0.5, 0.6) is 0 Å². The van der Waals surface area contributed by atoms with Gasteiger partial charge < -0.3 is 14.8 Å². The highest BCUT2D eigenvalue weighted by Crippen LogP contribution is 2.37. The summed E-state index contributed by atoms with van der Waals surface area (Å²) in [4.78, 5) is 11.9. The Labute approximate surface area is 103 Å². The summed E-state index contributed by atoms with van der Waals surface area (Å²) in [7, 11) is 0. The Morgan fingerprint density at radius 2 is 1.88 bits per heavy atom. The maximum Gasteiger partial charge on any atom is 0.408 e. The van der Waals surface area contributed by atoms with Gasteiger partial charge in [-0.25, -0.2) is 4.79 Å². The van der Waals surface area contributed by atoms with E-state index in [1.54, 1.807) is 0 Å². The van der Waals surface area contributed by atoms with Crippen LogP contribution in [0.15, 0.2) is 0 Å². The van der Waals surface area contributed by atoms with Gasteiger partial charge in [-0.1, -0.05) is 19.3 Å². The zero-order chi connectivity index (χ0) is 12.5. The molecule has 0 aromatic carbocycles. The molecular formula is C13H23NO3. The predicted molar refractivity (Wildman–Crippen MR) is 64.9 cm³/mol. The third kappa shape index (κ3) is 3.35. The van der Waals surface area contributed by atoms with E-state index in [4.69, 9.17) is 9.47 Å². The van der Waals surface area contributed by atoms with Crippen molar-refractivity contribution in [1.82, 2.24) is 5.32 Å². The minimum Gasteiger partial charge on any atom is -0.444 e. The standard InChI is InChI=1S/C13H23NO3/c1-12(2,3)17-11(15)14-13(10-9-16-10)7-5-4-6-8-13/h10H,4-9H2,1-3H3,(H,14,15)/t10-/m1/s1. The molecule has 1 aliphatic heterocycles. The van der Waals surface area contributed by atoms with Gasteiger partial charge in [0.15, 0.2) is 0 Å². The first-order chi connectivity index (χ1) is 7.91. The number of amides is 1. The molecule has 1 saturated heterocycles. The SMILES string of the molecule is CC(C)(C)OC(=O)NC1([C@H]2CO2)CCCCC1. The fraction of sp³-hybridized carbons (Fsp3) is 0.923. The quantitative estimate of drug-likeness (QED) is 0.756. The molecule has 0 aromatic rings. The molecule has 0 bridgehead atoms. The Morgan fingerprint density at radius 1 is 1.29 bits per heavy atom. The van der Waals surface area contributed by atoms with E-state index < -0.39 is 5.60 Å². The number of hydrogen-bond donors (Lipinski definition) is 1. The van der Waals surface area contributed by atoms with Gasteiger partial charge in [-0.15, -0.1) is 0 Å². The van der Waals surface area contributed by atoms with Gasteiger partial charge in [0, 0.05) is 0 Å². The summed E-state index contributed by atoms with van der Waals surface area (Å²) in [5, 5.41) is 3.06. The lowest BCUT2D eigenvalue weighted by atomic mass is 9.79. The zero-order valence-electron chi connectivity index (χ0n) is 11.0. The lowest BCUT2D eigenvalue weighted by Gasteiger charge is -2.37. The van der Waals surface area contributed by atoms with Crippen LogP contribution in [0.25, 0.3) is 0 Å². The number of hydrogen-bond acceptors (Lipinski definition) is 3. The van der Waals surface area contributed by atoms with Crippen molar-refractivity contribution >= 4 is 6.09 Å². The van der Waals surface area contributed by atoms with Crippen LogP contribution in [-0.4, -0.2) is 29.9 Å². The van der Waals surface area contributed by atoms with E-state index in [1.165, 1.54) is 6.42 Å². The largest absolute Gasteiger partial charge is 0.444 e. The summed E-state index contributed by atoms with van der Waals surface area (Å²) in [6.07, 6.45) is 5.49. The first kappa shape index (κ1) is 12.7. The lowest BCUT2D eigenvalue weighted by Crippen LogP contribution is -2.55. The molecule has 1 amide bonds. The Hall–Kier alpha value is -0.770. The second kappa shape index (κ2) is 4.48. The van der Waals surface area contributed by atoms with E-state index in [9.17, 15) is 4.79 Å². The molecule has 2 rings (SSSR count). The minimum absolute atomic E-state index is 0.166. The second-order valence-corrected chi connectivity index (χ2v) is 6.17. The van der Waals surface area contributed by atoms with Crippen LogP contribution in [0.4, 0.5) is 4.79 Å². The fourth-order valence-electron chi connectivity index (χ4n) is 2.58. The summed E-state index contributed by atoms with van der Waals surface area (Å²) in [6.45, 7) is 6.42. The first-order valence-electron chi connectivity index (χ1n) is 6.54. The van der Waals surface area contributed by atoms with E-state index in [1.807, 2.05) is 20.8 Å². The van der Waals surface area contributed by atoms with Crippen LogP contribution in [0.1, 0.15) is 52.9 Å². The number of ether oxygens (including phenoxy) is 2. The van der Waals surface area contributed by atoms with E-state index in [0.29, 0.717) is 0 Å². The molecule has 1 aliphatic carbocycles. The summed E-state index contributed by atoms with van der Waals surface area (Å²) >= 11 is 0. The topological polar surface area (TPSA) is 50.9 Å². The first-order valence-corrected chi connectivity index (χ1v) is 6.54. The van der Waals surface area contributed by atoms with Crippen molar-refractivity contribution in [3.05, 3.63) is 0 Å². The van der Waals surface area contributed by atoms with Crippen LogP contribution >= 0.6 is 0 Å². The fourth-order valence-corrected chi connectivity index (χ4v) is 2.58. The molecule has 1 atom stereocenters. The number of alkyl carbamates (subject to hydrolysis) is 1. The van der Waals surface area contributed by atoms with E-state index in [-0.39, 0.29) is 17.7 Å². The number of epoxide rings is 1. The number of nitrogens with one attached hydrogen (secondary N) is 1. The van der Waals surface area contributed by atoms with E-state index in [2.05, 4.69) is 5.32 Å². The lowest BCUT2D eigenvalue weighted by molar-refractivity contribution is 0.0392. The molecular weight excluding hydrogens is 218 g/mol. The molecule has 0 unspecified atom stereocenters. The van der Waals surface area contributed by atoms with Gasteiger partial charge in [0.25, 0.3) is 0 Å². The molecule has 4 heteroatoms. The maximum absolute atomic E-state index is 11.9. The Bertz CT molecular complexity index is 286. The van der Waals surface area contributed by atoms with Crippen LogP contribution in [-0.2, 0) is 9.47 Å². The molecule has 0 aromatic heterocycles. The highest BCUT2D eigenvalue weighted by molar-refractivity contribution is 5.69. The summed E-state index contributed by atoms with van der Waals surface area (Å²) in [5.41, 5.74) is -0.606. The summed E-state index contributed by atoms with van der Waals surface area (Å²) < 4.78 is 10.7. The van der Waals surface area contributed by atoms with Crippen molar-refractivity contribution in [2.75, 3.05) is 6.61 Å². The van der Waals surface area contributed by atoms with Gasteiger partial charge in [-0.2, -0.15) is 0 Å². The molecule has 2 aliphatic rings. The van der Waals surface area contributed by atoms with Gasteiger partial charge in [-0.05, 0) is 33.6 Å². The summed E-state index contributed by atoms with van der Waals surface area (Å²) in [5.74, 6) is 0. The summed E-state index contributed by atoms with van der Waals surface area (Å²) in [6, 6.07) is 0. The van der Waals surface area contributed by atoms with E-state index >= 15 is 0 Å². The molecule has 98 valence electrons. The third-order valence-electron chi connectivity index (χ3n) is 3.45. The maximum atomic E-state index is 11.9.